The van der Waals surface area contributed by atoms with Gasteiger partial charge < -0.3 is 0 Å². The Hall–Kier alpha value is -2.10. The molecule has 2 rings (SSSR count). The minimum atomic E-state index is -3.68. The summed E-state index contributed by atoms with van der Waals surface area (Å²) in [6.07, 6.45) is 3.97. The minimum Gasteiger partial charge on any atom is -0.292 e. The number of hydrogen-bond donors (Lipinski definition) is 3. The average Bonchev–Trinajstić information content (AvgIpc) is 2.46. The molecule has 0 spiro atoms. The molecule has 106 valence electrons. The van der Waals surface area contributed by atoms with E-state index < -0.39 is 10.0 Å². The van der Waals surface area contributed by atoms with Crippen molar-refractivity contribution in [3.05, 3.63) is 42.0 Å². The molecule has 9 heteroatoms. The molecule has 2 heterocycles. The highest BCUT2D eigenvalue weighted by Crippen LogP contribution is 2.09. The first kappa shape index (κ1) is 14.3. The summed E-state index contributed by atoms with van der Waals surface area (Å²) in [6.45, 7) is 1.97. The molecular formula is C11H14N6O2S. The maximum atomic E-state index is 12.0. The number of pyridine rings is 1. The molecule has 0 atom stereocenters. The van der Waals surface area contributed by atoms with Crippen LogP contribution in [0, 0.1) is 6.92 Å². The molecule has 0 unspecified atom stereocenters. The highest BCUT2D eigenvalue weighted by Gasteiger charge is 2.15. The average molecular weight is 294 g/mol. The summed E-state index contributed by atoms with van der Waals surface area (Å²) < 4.78 is 26.5. The van der Waals surface area contributed by atoms with Crippen LogP contribution in [0.2, 0.25) is 0 Å². The van der Waals surface area contributed by atoms with E-state index in [1.54, 1.807) is 12.3 Å². The predicted molar refractivity (Wildman–Crippen MR) is 72.8 cm³/mol. The minimum absolute atomic E-state index is 0.0370. The summed E-state index contributed by atoms with van der Waals surface area (Å²) in [5, 5.41) is 0. The normalized spacial score (nSPS) is 11.3. The zero-order chi connectivity index (χ0) is 14.6. The summed E-state index contributed by atoms with van der Waals surface area (Å²) in [4.78, 5) is 11.6. The Bertz CT molecular complexity index is 686. The van der Waals surface area contributed by atoms with E-state index >= 15 is 0 Å². The van der Waals surface area contributed by atoms with Gasteiger partial charge in [-0.2, -0.15) is 0 Å². The van der Waals surface area contributed by atoms with Crippen molar-refractivity contribution >= 4 is 16.0 Å². The number of aromatic nitrogens is 3. The maximum Gasteiger partial charge on any atom is 0.243 e. The van der Waals surface area contributed by atoms with Gasteiger partial charge in [-0.3, -0.25) is 10.4 Å². The van der Waals surface area contributed by atoms with E-state index in [9.17, 15) is 8.42 Å². The molecule has 0 saturated heterocycles. The second kappa shape index (κ2) is 5.90. The Balaban J connectivity index is 2.13. The predicted octanol–water partition coefficient (Wildman–Crippen LogP) is -0.0559. The quantitative estimate of drug-likeness (QED) is 0.521. The van der Waals surface area contributed by atoms with Gasteiger partial charge in [0, 0.05) is 6.20 Å². The fourth-order valence-electron chi connectivity index (χ4n) is 1.48. The third kappa shape index (κ3) is 3.26. The lowest BCUT2D eigenvalue weighted by Crippen LogP contribution is -2.24. The van der Waals surface area contributed by atoms with E-state index in [-0.39, 0.29) is 17.4 Å². The Morgan fingerprint density at radius 2 is 1.95 bits per heavy atom. The van der Waals surface area contributed by atoms with Crippen molar-refractivity contribution < 1.29 is 8.42 Å². The summed E-state index contributed by atoms with van der Waals surface area (Å²) in [6, 6.07) is 3.65. The van der Waals surface area contributed by atoms with Crippen molar-refractivity contribution in [3.63, 3.8) is 0 Å². The van der Waals surface area contributed by atoms with E-state index in [1.807, 2.05) is 13.0 Å². The number of nitrogens with zero attached hydrogens (tertiary/aromatic N) is 3. The summed E-state index contributed by atoms with van der Waals surface area (Å²) >= 11 is 0. The molecule has 2 aromatic heterocycles. The SMILES string of the molecule is Cc1cccnc1CNS(=O)(=O)c1cnc(NN)nc1. The molecule has 0 saturated carbocycles. The van der Waals surface area contributed by atoms with Gasteiger partial charge >= 0.3 is 0 Å². The van der Waals surface area contributed by atoms with Crippen molar-refractivity contribution in [1.82, 2.24) is 19.7 Å². The van der Waals surface area contributed by atoms with Gasteiger partial charge in [-0.25, -0.2) is 29.0 Å². The molecule has 4 N–H and O–H groups in total. The molecular weight excluding hydrogens is 280 g/mol. The van der Waals surface area contributed by atoms with Gasteiger partial charge in [-0.15, -0.1) is 0 Å². The van der Waals surface area contributed by atoms with Gasteiger partial charge in [0.2, 0.25) is 16.0 Å². The molecule has 0 radical (unpaired) electrons. The van der Waals surface area contributed by atoms with Gasteiger partial charge in [0.05, 0.1) is 24.6 Å². The van der Waals surface area contributed by atoms with Crippen LogP contribution in [0.15, 0.2) is 35.6 Å². The van der Waals surface area contributed by atoms with E-state index in [0.717, 1.165) is 5.56 Å². The molecule has 2 aromatic rings. The number of nitrogens with two attached hydrogens (primary N) is 1. The maximum absolute atomic E-state index is 12.0. The van der Waals surface area contributed by atoms with Crippen molar-refractivity contribution in [2.75, 3.05) is 5.43 Å². The molecule has 0 aliphatic carbocycles. The highest BCUT2D eigenvalue weighted by atomic mass is 32.2. The van der Waals surface area contributed by atoms with Crippen LogP contribution in [0.4, 0.5) is 5.95 Å². The second-order valence-corrected chi connectivity index (χ2v) is 5.75. The summed E-state index contributed by atoms with van der Waals surface area (Å²) in [5.74, 6) is 5.26. The van der Waals surface area contributed by atoms with Crippen LogP contribution in [-0.2, 0) is 16.6 Å². The van der Waals surface area contributed by atoms with E-state index in [1.165, 1.54) is 12.4 Å². The van der Waals surface area contributed by atoms with Crippen molar-refractivity contribution in [2.45, 2.75) is 18.4 Å². The van der Waals surface area contributed by atoms with Crippen LogP contribution in [0.1, 0.15) is 11.3 Å². The molecule has 0 bridgehead atoms. The van der Waals surface area contributed by atoms with Crippen LogP contribution < -0.4 is 16.0 Å². The van der Waals surface area contributed by atoms with Crippen LogP contribution >= 0.6 is 0 Å². The fourth-order valence-corrected chi connectivity index (χ4v) is 2.36. The Morgan fingerprint density at radius 3 is 2.55 bits per heavy atom. The molecule has 0 amide bonds. The molecule has 8 nitrogen and oxygen atoms in total. The molecule has 0 fully saturated rings. The van der Waals surface area contributed by atoms with Crippen LogP contribution in [0.5, 0.6) is 0 Å². The zero-order valence-corrected chi connectivity index (χ0v) is 11.6. The number of nitrogen functional groups attached to an aromatic ring is 1. The summed E-state index contributed by atoms with van der Waals surface area (Å²) in [5.41, 5.74) is 3.80. The lowest BCUT2D eigenvalue weighted by Gasteiger charge is -2.07. The van der Waals surface area contributed by atoms with Crippen molar-refractivity contribution in [1.29, 1.82) is 0 Å². The van der Waals surface area contributed by atoms with Gasteiger partial charge in [-0.05, 0) is 18.6 Å². The molecule has 0 aliphatic heterocycles. The number of sulfonamides is 1. The van der Waals surface area contributed by atoms with Crippen LogP contribution in [0.25, 0.3) is 0 Å². The fraction of sp³-hybridized carbons (Fsp3) is 0.182. The number of anilines is 1. The summed E-state index contributed by atoms with van der Waals surface area (Å²) in [7, 11) is -3.68. The van der Waals surface area contributed by atoms with E-state index in [0.29, 0.717) is 5.69 Å². The largest absolute Gasteiger partial charge is 0.292 e. The number of hydrazine groups is 1. The first-order valence-corrected chi connectivity index (χ1v) is 7.20. The molecule has 0 aliphatic rings. The Kier molecular flexibility index (Phi) is 4.23. The topological polar surface area (TPSA) is 123 Å². The van der Waals surface area contributed by atoms with E-state index in [2.05, 4.69) is 25.1 Å². The molecule has 0 aromatic carbocycles. The molecule has 20 heavy (non-hydrogen) atoms. The lowest BCUT2D eigenvalue weighted by atomic mass is 10.2. The number of aryl methyl sites for hydroxylation is 1. The zero-order valence-electron chi connectivity index (χ0n) is 10.7. The van der Waals surface area contributed by atoms with E-state index in [4.69, 9.17) is 5.84 Å². The first-order valence-electron chi connectivity index (χ1n) is 5.72. The number of nitrogens with one attached hydrogen (secondary N) is 2. The van der Waals surface area contributed by atoms with Crippen molar-refractivity contribution in [3.8, 4) is 0 Å². The van der Waals surface area contributed by atoms with Gasteiger partial charge in [0.15, 0.2) is 0 Å². The van der Waals surface area contributed by atoms with Gasteiger partial charge in [-0.1, -0.05) is 6.07 Å². The second-order valence-electron chi connectivity index (χ2n) is 3.98. The van der Waals surface area contributed by atoms with Crippen molar-refractivity contribution in [2.24, 2.45) is 5.84 Å². The lowest BCUT2D eigenvalue weighted by molar-refractivity contribution is 0.579. The third-order valence-electron chi connectivity index (χ3n) is 2.62. The Morgan fingerprint density at radius 1 is 1.25 bits per heavy atom. The third-order valence-corrected chi connectivity index (χ3v) is 3.97. The monoisotopic (exact) mass is 294 g/mol. The van der Waals surface area contributed by atoms with Crippen LogP contribution in [-0.4, -0.2) is 23.4 Å². The van der Waals surface area contributed by atoms with Crippen LogP contribution in [0.3, 0.4) is 0 Å². The number of rotatable bonds is 5. The smallest absolute Gasteiger partial charge is 0.243 e. The van der Waals surface area contributed by atoms with Gasteiger partial charge in [0.1, 0.15) is 4.90 Å². The first-order chi connectivity index (χ1) is 9.53. The highest BCUT2D eigenvalue weighted by molar-refractivity contribution is 7.89. The van der Waals surface area contributed by atoms with Gasteiger partial charge in [0.25, 0.3) is 0 Å². The standard InChI is InChI=1S/C11H14N6O2S/c1-8-3-2-4-13-10(8)7-16-20(18,19)9-5-14-11(17-12)15-6-9/h2-6,16H,7,12H2,1H3,(H,14,15,17). The Labute approximate surface area is 116 Å². The number of hydrogen-bond acceptors (Lipinski definition) is 7.